The molecule has 5 rings (SSSR count). The first-order chi connectivity index (χ1) is 14.2. The highest BCUT2D eigenvalue weighted by Crippen LogP contribution is 2.60. The van der Waals surface area contributed by atoms with Crippen molar-refractivity contribution >= 4 is 41.5 Å². The van der Waals surface area contributed by atoms with E-state index >= 15 is 0 Å². The van der Waals surface area contributed by atoms with Crippen LogP contribution in [0.25, 0.3) is 0 Å². The molecule has 30 heavy (non-hydrogen) atoms. The van der Waals surface area contributed by atoms with Crippen LogP contribution in [0.3, 0.4) is 0 Å². The van der Waals surface area contributed by atoms with Gasteiger partial charge in [0.1, 0.15) is 0 Å². The molecule has 3 N–H and O–H groups in total. The molecule has 7 heteroatoms. The SMILES string of the molecule is CCNC(=NCC1CC(=O)Nc2ccccc21)NC1C2CCOC2C12CCCC2.I. The first kappa shape index (κ1) is 21.9. The van der Waals surface area contributed by atoms with Crippen LogP contribution in [0.1, 0.15) is 56.9 Å². The maximum atomic E-state index is 12.1. The molecule has 4 aliphatic rings. The minimum atomic E-state index is 0. The fourth-order valence-corrected chi connectivity index (χ4v) is 6.24. The van der Waals surface area contributed by atoms with E-state index in [1.165, 1.54) is 31.2 Å². The number of rotatable bonds is 4. The van der Waals surface area contributed by atoms with Crippen molar-refractivity contribution in [3.63, 3.8) is 0 Å². The fourth-order valence-electron chi connectivity index (χ4n) is 6.24. The minimum Gasteiger partial charge on any atom is -0.377 e. The summed E-state index contributed by atoms with van der Waals surface area (Å²) in [6.45, 7) is 4.45. The molecule has 2 saturated carbocycles. The monoisotopic (exact) mass is 524 g/mol. The maximum absolute atomic E-state index is 12.1. The summed E-state index contributed by atoms with van der Waals surface area (Å²) in [4.78, 5) is 17.1. The number of aliphatic imine (C=N–C) groups is 1. The summed E-state index contributed by atoms with van der Waals surface area (Å²) in [7, 11) is 0. The molecule has 1 amide bonds. The summed E-state index contributed by atoms with van der Waals surface area (Å²) in [5.41, 5.74) is 2.41. The van der Waals surface area contributed by atoms with Gasteiger partial charge in [0.2, 0.25) is 5.91 Å². The van der Waals surface area contributed by atoms with E-state index in [4.69, 9.17) is 9.73 Å². The average Bonchev–Trinajstić information content (AvgIpc) is 3.38. The Balaban J connectivity index is 0.00000218. The Morgan fingerprint density at radius 2 is 2.10 bits per heavy atom. The van der Waals surface area contributed by atoms with Gasteiger partial charge in [-0.15, -0.1) is 24.0 Å². The van der Waals surface area contributed by atoms with Crippen molar-refractivity contribution in [2.24, 2.45) is 16.3 Å². The average molecular weight is 524 g/mol. The van der Waals surface area contributed by atoms with Crippen LogP contribution in [0.4, 0.5) is 5.69 Å². The molecule has 0 aromatic heterocycles. The van der Waals surface area contributed by atoms with Crippen molar-refractivity contribution in [2.45, 2.75) is 63.5 Å². The van der Waals surface area contributed by atoms with Crippen molar-refractivity contribution in [1.29, 1.82) is 0 Å². The first-order valence-electron chi connectivity index (χ1n) is 11.3. The smallest absolute Gasteiger partial charge is 0.225 e. The molecule has 4 unspecified atom stereocenters. The van der Waals surface area contributed by atoms with Gasteiger partial charge in [-0.2, -0.15) is 0 Å². The van der Waals surface area contributed by atoms with Gasteiger partial charge < -0.3 is 20.7 Å². The van der Waals surface area contributed by atoms with E-state index in [0.29, 0.717) is 36.4 Å². The molecule has 1 aromatic carbocycles. The number of hydrogen-bond acceptors (Lipinski definition) is 3. The van der Waals surface area contributed by atoms with E-state index in [2.05, 4.69) is 28.9 Å². The van der Waals surface area contributed by atoms with Crippen LogP contribution in [0.15, 0.2) is 29.3 Å². The number of nitrogens with zero attached hydrogens (tertiary/aromatic N) is 1. The number of ether oxygens (including phenoxy) is 1. The topological polar surface area (TPSA) is 74.8 Å². The molecular formula is C23H33IN4O2. The number of anilines is 1. The summed E-state index contributed by atoms with van der Waals surface area (Å²) in [5.74, 6) is 1.70. The highest BCUT2D eigenvalue weighted by atomic mass is 127. The number of amides is 1. The Bertz CT molecular complexity index is 808. The van der Waals surface area contributed by atoms with Crippen molar-refractivity contribution < 1.29 is 9.53 Å². The predicted octanol–water partition coefficient (Wildman–Crippen LogP) is 3.63. The van der Waals surface area contributed by atoms with Gasteiger partial charge in [-0.3, -0.25) is 9.79 Å². The van der Waals surface area contributed by atoms with Crippen molar-refractivity contribution in [1.82, 2.24) is 10.6 Å². The van der Waals surface area contributed by atoms with Gasteiger partial charge >= 0.3 is 0 Å². The van der Waals surface area contributed by atoms with Gasteiger partial charge in [-0.05, 0) is 37.8 Å². The minimum absolute atomic E-state index is 0. The second-order valence-electron chi connectivity index (χ2n) is 9.06. The summed E-state index contributed by atoms with van der Waals surface area (Å²) in [6.07, 6.45) is 7.24. The standard InChI is InChI=1S/C23H32N4O2.HI/c1-2-24-22(25-14-15-13-19(28)26-18-8-4-3-7-16(15)18)27-20-17-9-12-29-21(17)23(20)10-5-6-11-23;/h3-4,7-8,15,17,20-21H,2,5-6,9-14H2,1H3,(H,26,28)(H2,24,25,27);1H. The molecule has 4 atom stereocenters. The van der Waals surface area contributed by atoms with Gasteiger partial charge in [-0.25, -0.2) is 0 Å². The Hall–Kier alpha value is -1.35. The van der Waals surface area contributed by atoms with E-state index in [1.54, 1.807) is 0 Å². The zero-order chi connectivity index (χ0) is 19.8. The molecular weight excluding hydrogens is 491 g/mol. The lowest BCUT2D eigenvalue weighted by Gasteiger charge is -2.57. The zero-order valence-electron chi connectivity index (χ0n) is 17.7. The lowest BCUT2D eigenvalue weighted by atomic mass is 9.54. The van der Waals surface area contributed by atoms with Gasteiger partial charge in [0.15, 0.2) is 5.96 Å². The van der Waals surface area contributed by atoms with E-state index in [-0.39, 0.29) is 35.8 Å². The lowest BCUT2D eigenvalue weighted by Crippen LogP contribution is -2.69. The Morgan fingerprint density at radius 3 is 2.90 bits per heavy atom. The van der Waals surface area contributed by atoms with E-state index in [1.807, 2.05) is 18.2 Å². The summed E-state index contributed by atoms with van der Waals surface area (Å²) >= 11 is 0. The number of hydrogen-bond donors (Lipinski definition) is 3. The Morgan fingerprint density at radius 1 is 1.30 bits per heavy atom. The molecule has 1 spiro atoms. The van der Waals surface area contributed by atoms with Crippen LogP contribution in [0.2, 0.25) is 0 Å². The number of benzene rings is 1. The van der Waals surface area contributed by atoms with E-state index < -0.39 is 0 Å². The van der Waals surface area contributed by atoms with E-state index in [0.717, 1.165) is 31.2 Å². The van der Waals surface area contributed by atoms with Gasteiger partial charge in [-0.1, -0.05) is 31.0 Å². The van der Waals surface area contributed by atoms with Crippen LogP contribution in [-0.4, -0.2) is 43.7 Å². The Labute approximate surface area is 196 Å². The summed E-state index contributed by atoms with van der Waals surface area (Å²) < 4.78 is 6.12. The lowest BCUT2D eigenvalue weighted by molar-refractivity contribution is -0.125. The fraction of sp³-hybridized carbons (Fsp3) is 0.652. The zero-order valence-corrected chi connectivity index (χ0v) is 20.0. The highest BCUT2D eigenvalue weighted by molar-refractivity contribution is 14.0. The van der Waals surface area contributed by atoms with Crippen LogP contribution in [0, 0.1) is 11.3 Å². The molecule has 3 fully saturated rings. The third-order valence-electron chi connectivity index (χ3n) is 7.50. The maximum Gasteiger partial charge on any atom is 0.225 e. The molecule has 0 bridgehead atoms. The quantitative estimate of drug-likeness (QED) is 0.320. The van der Waals surface area contributed by atoms with Gasteiger partial charge in [0.05, 0.1) is 12.6 Å². The highest BCUT2D eigenvalue weighted by Gasteiger charge is 2.65. The van der Waals surface area contributed by atoms with Gasteiger partial charge in [0, 0.05) is 48.6 Å². The van der Waals surface area contributed by atoms with Crippen LogP contribution < -0.4 is 16.0 Å². The molecule has 1 aromatic rings. The largest absolute Gasteiger partial charge is 0.377 e. The van der Waals surface area contributed by atoms with Crippen LogP contribution >= 0.6 is 24.0 Å². The number of carbonyl (C=O) groups is 1. The second kappa shape index (κ2) is 9.02. The van der Waals surface area contributed by atoms with Crippen molar-refractivity contribution in [3.8, 4) is 0 Å². The number of fused-ring (bicyclic) bond motifs is 3. The number of para-hydroxylation sites is 1. The third kappa shape index (κ3) is 3.72. The van der Waals surface area contributed by atoms with E-state index in [9.17, 15) is 4.79 Å². The second-order valence-corrected chi connectivity index (χ2v) is 9.06. The first-order valence-corrected chi connectivity index (χ1v) is 11.3. The number of nitrogens with one attached hydrogen (secondary N) is 3. The van der Waals surface area contributed by atoms with Crippen molar-refractivity contribution in [3.05, 3.63) is 29.8 Å². The molecule has 2 heterocycles. The summed E-state index contributed by atoms with van der Waals surface area (Å²) in [6, 6.07) is 8.54. The van der Waals surface area contributed by atoms with Crippen LogP contribution in [0.5, 0.6) is 0 Å². The Kier molecular flexibility index (Phi) is 6.58. The molecule has 6 nitrogen and oxygen atoms in total. The number of halogens is 1. The molecule has 164 valence electrons. The third-order valence-corrected chi connectivity index (χ3v) is 7.50. The molecule has 1 saturated heterocycles. The molecule has 2 aliphatic carbocycles. The number of guanidine groups is 1. The normalized spacial score (nSPS) is 31.2. The predicted molar refractivity (Wildman–Crippen MR) is 129 cm³/mol. The van der Waals surface area contributed by atoms with Crippen LogP contribution in [-0.2, 0) is 9.53 Å². The summed E-state index contributed by atoms with van der Waals surface area (Å²) in [5, 5.41) is 10.2. The molecule has 2 aliphatic heterocycles. The van der Waals surface area contributed by atoms with Gasteiger partial charge in [0.25, 0.3) is 0 Å². The molecule has 0 radical (unpaired) electrons. The van der Waals surface area contributed by atoms with Crippen molar-refractivity contribution in [2.75, 3.05) is 25.0 Å². The number of carbonyl (C=O) groups excluding carboxylic acids is 1.